The van der Waals surface area contributed by atoms with Crippen molar-refractivity contribution in [1.82, 2.24) is 10.3 Å². The third-order valence-corrected chi connectivity index (χ3v) is 4.66. The van der Waals surface area contributed by atoms with Gasteiger partial charge in [-0.1, -0.05) is 26.0 Å². The van der Waals surface area contributed by atoms with Gasteiger partial charge in [-0.3, -0.25) is 0 Å². The maximum Gasteiger partial charge on any atom is 0.133 e. The van der Waals surface area contributed by atoms with Crippen molar-refractivity contribution >= 4 is 16.7 Å². The molecular weight excluding hydrogens is 298 g/mol. The number of benzene rings is 1. The number of aliphatic hydroxyl groups excluding tert-OH is 1. The average Bonchev–Trinajstić information content (AvgIpc) is 2.55. The number of aryl methyl sites for hydroxylation is 1. The van der Waals surface area contributed by atoms with Gasteiger partial charge in [0, 0.05) is 30.6 Å². The molecule has 1 fully saturated rings. The molecule has 0 spiro atoms. The summed E-state index contributed by atoms with van der Waals surface area (Å²) in [5.41, 5.74) is 3.55. The highest BCUT2D eigenvalue weighted by Gasteiger charge is 2.21. The van der Waals surface area contributed by atoms with Crippen LogP contribution in [0.3, 0.4) is 0 Å². The van der Waals surface area contributed by atoms with Gasteiger partial charge >= 0.3 is 0 Å². The molecule has 3 rings (SSSR count). The Morgan fingerprint density at radius 1 is 1.25 bits per heavy atom. The van der Waals surface area contributed by atoms with Gasteiger partial charge in [0.15, 0.2) is 0 Å². The van der Waals surface area contributed by atoms with Gasteiger partial charge in [0.2, 0.25) is 0 Å². The van der Waals surface area contributed by atoms with Crippen LogP contribution in [0, 0.1) is 12.8 Å². The minimum atomic E-state index is -0.161. The van der Waals surface area contributed by atoms with Crippen molar-refractivity contribution in [3.05, 3.63) is 35.4 Å². The summed E-state index contributed by atoms with van der Waals surface area (Å²) in [6.45, 7) is 10.2. The van der Waals surface area contributed by atoms with E-state index in [1.54, 1.807) is 0 Å². The number of hydrogen-bond donors (Lipinski definition) is 2. The molecule has 4 nitrogen and oxygen atoms in total. The topological polar surface area (TPSA) is 48.4 Å². The van der Waals surface area contributed by atoms with E-state index in [2.05, 4.69) is 55.3 Å². The van der Waals surface area contributed by atoms with Gasteiger partial charge in [0.1, 0.15) is 5.82 Å². The van der Waals surface area contributed by atoms with Crippen molar-refractivity contribution in [2.45, 2.75) is 46.3 Å². The number of rotatable bonds is 5. The summed E-state index contributed by atoms with van der Waals surface area (Å²) in [6.07, 6.45) is 1.49. The number of anilines is 1. The number of aromatic nitrogens is 1. The molecule has 1 aromatic carbocycles. The average molecular weight is 327 g/mol. The Bertz CT molecular complexity index is 691. The van der Waals surface area contributed by atoms with Crippen LogP contribution in [0.5, 0.6) is 0 Å². The summed E-state index contributed by atoms with van der Waals surface area (Å²) in [7, 11) is 0. The number of nitrogens with one attached hydrogen (secondary N) is 1. The maximum atomic E-state index is 9.79. The van der Waals surface area contributed by atoms with Crippen LogP contribution in [-0.2, 0) is 6.54 Å². The molecular formula is C20H29N3O. The summed E-state index contributed by atoms with van der Waals surface area (Å²) >= 11 is 0. The maximum absolute atomic E-state index is 9.79. The number of hydrogen-bond acceptors (Lipinski definition) is 4. The van der Waals surface area contributed by atoms with Crippen molar-refractivity contribution in [2.75, 3.05) is 24.5 Å². The van der Waals surface area contributed by atoms with E-state index >= 15 is 0 Å². The second-order valence-electron chi connectivity index (χ2n) is 7.41. The first-order chi connectivity index (χ1) is 11.5. The van der Waals surface area contributed by atoms with E-state index in [1.165, 1.54) is 16.5 Å². The van der Waals surface area contributed by atoms with E-state index in [4.69, 9.17) is 4.98 Å². The van der Waals surface area contributed by atoms with E-state index in [-0.39, 0.29) is 6.10 Å². The van der Waals surface area contributed by atoms with Gasteiger partial charge in [0.25, 0.3) is 0 Å². The van der Waals surface area contributed by atoms with Crippen LogP contribution in [0.4, 0.5) is 5.82 Å². The highest BCUT2D eigenvalue weighted by atomic mass is 16.3. The predicted octanol–water partition coefficient (Wildman–Crippen LogP) is 3.25. The molecule has 24 heavy (non-hydrogen) atoms. The van der Waals surface area contributed by atoms with Crippen LogP contribution in [0.1, 0.15) is 37.8 Å². The normalized spacial score (nSPS) is 16.3. The molecule has 1 aliphatic rings. The van der Waals surface area contributed by atoms with Crippen LogP contribution in [-0.4, -0.2) is 35.8 Å². The molecule has 4 heteroatoms. The second-order valence-corrected chi connectivity index (χ2v) is 7.41. The quantitative estimate of drug-likeness (QED) is 0.885. The van der Waals surface area contributed by atoms with Gasteiger partial charge < -0.3 is 15.3 Å². The zero-order valence-electron chi connectivity index (χ0n) is 15.0. The van der Waals surface area contributed by atoms with E-state index in [1.807, 2.05) is 0 Å². The van der Waals surface area contributed by atoms with Gasteiger partial charge in [-0.15, -0.1) is 0 Å². The van der Waals surface area contributed by atoms with E-state index in [0.29, 0.717) is 5.92 Å². The number of pyridine rings is 1. The first kappa shape index (κ1) is 17.2. The highest BCUT2D eigenvalue weighted by molar-refractivity contribution is 5.82. The molecule has 0 amide bonds. The number of nitrogens with zero attached hydrogens (tertiary/aromatic N) is 2. The Hall–Kier alpha value is -1.65. The van der Waals surface area contributed by atoms with E-state index < -0.39 is 0 Å². The Kier molecular flexibility index (Phi) is 5.36. The lowest BCUT2D eigenvalue weighted by Crippen LogP contribution is -2.37. The van der Waals surface area contributed by atoms with Crippen molar-refractivity contribution in [3.63, 3.8) is 0 Å². The molecule has 0 saturated carbocycles. The van der Waals surface area contributed by atoms with Crippen LogP contribution in [0.2, 0.25) is 0 Å². The van der Waals surface area contributed by atoms with Crippen LogP contribution < -0.4 is 10.2 Å². The third-order valence-electron chi connectivity index (χ3n) is 4.66. The molecule has 0 aliphatic carbocycles. The van der Waals surface area contributed by atoms with Crippen molar-refractivity contribution in [2.24, 2.45) is 5.92 Å². The summed E-state index contributed by atoms with van der Waals surface area (Å²) in [4.78, 5) is 7.32. The predicted molar refractivity (Wildman–Crippen MR) is 100 cm³/mol. The molecule has 1 aromatic heterocycles. The van der Waals surface area contributed by atoms with Crippen LogP contribution >= 0.6 is 0 Å². The number of aliphatic hydroxyl groups is 1. The van der Waals surface area contributed by atoms with Gasteiger partial charge in [-0.25, -0.2) is 4.98 Å². The zero-order chi connectivity index (χ0) is 17.1. The van der Waals surface area contributed by atoms with Crippen molar-refractivity contribution < 1.29 is 5.11 Å². The lowest BCUT2D eigenvalue weighted by atomic mass is 10.1. The summed E-state index contributed by atoms with van der Waals surface area (Å²) < 4.78 is 0. The second kappa shape index (κ2) is 7.49. The minimum Gasteiger partial charge on any atom is -0.393 e. The molecule has 0 atom stereocenters. The van der Waals surface area contributed by atoms with E-state index in [0.717, 1.165) is 50.4 Å². The van der Waals surface area contributed by atoms with Crippen LogP contribution in [0.15, 0.2) is 24.3 Å². The summed E-state index contributed by atoms with van der Waals surface area (Å²) in [5, 5.41) is 14.5. The van der Waals surface area contributed by atoms with Gasteiger partial charge in [-0.05, 0) is 49.9 Å². The SMILES string of the molecule is Cc1ccc2cc(CNCC(C)C)c(N3CCC(O)CC3)nc2c1. The molecule has 130 valence electrons. The molecule has 2 aromatic rings. The molecule has 2 N–H and O–H groups in total. The lowest BCUT2D eigenvalue weighted by molar-refractivity contribution is 0.145. The van der Waals surface area contributed by atoms with Gasteiger partial charge in [-0.2, -0.15) is 0 Å². The molecule has 0 unspecified atom stereocenters. The van der Waals surface area contributed by atoms with Crippen molar-refractivity contribution in [1.29, 1.82) is 0 Å². The Morgan fingerprint density at radius 3 is 2.71 bits per heavy atom. The molecule has 1 aliphatic heterocycles. The van der Waals surface area contributed by atoms with E-state index in [9.17, 15) is 5.11 Å². The molecule has 1 saturated heterocycles. The van der Waals surface area contributed by atoms with Crippen LogP contribution in [0.25, 0.3) is 10.9 Å². The first-order valence-electron chi connectivity index (χ1n) is 9.07. The largest absolute Gasteiger partial charge is 0.393 e. The first-order valence-corrected chi connectivity index (χ1v) is 9.07. The fourth-order valence-corrected chi connectivity index (χ4v) is 3.29. The fourth-order valence-electron chi connectivity index (χ4n) is 3.29. The summed E-state index contributed by atoms with van der Waals surface area (Å²) in [5.74, 6) is 1.71. The molecule has 0 bridgehead atoms. The fraction of sp³-hybridized carbons (Fsp3) is 0.550. The Labute approximate surface area is 144 Å². The van der Waals surface area contributed by atoms with Crippen molar-refractivity contribution in [3.8, 4) is 0 Å². The Morgan fingerprint density at radius 2 is 2.00 bits per heavy atom. The Balaban J connectivity index is 1.92. The number of fused-ring (bicyclic) bond motifs is 1. The summed E-state index contributed by atoms with van der Waals surface area (Å²) in [6, 6.07) is 8.73. The zero-order valence-corrected chi connectivity index (χ0v) is 15.0. The minimum absolute atomic E-state index is 0.161. The van der Waals surface area contributed by atoms with Gasteiger partial charge in [0.05, 0.1) is 11.6 Å². The monoisotopic (exact) mass is 327 g/mol. The standard InChI is InChI=1S/C20H29N3O/c1-14(2)12-21-13-17-11-16-5-4-15(3)10-19(16)22-20(17)23-8-6-18(24)7-9-23/h4-5,10-11,14,18,21,24H,6-9,12-13H2,1-3H3. The number of piperidine rings is 1. The molecule has 2 heterocycles. The lowest BCUT2D eigenvalue weighted by Gasteiger charge is -2.32. The highest BCUT2D eigenvalue weighted by Crippen LogP contribution is 2.27. The molecule has 0 radical (unpaired) electrons. The third kappa shape index (κ3) is 4.05. The smallest absolute Gasteiger partial charge is 0.133 e.